The topological polar surface area (TPSA) is 32.8 Å². The Balaban J connectivity index is 0.896. The minimum atomic E-state index is -2.36. The molecule has 75 heavy (non-hydrogen) atoms. The van der Waals surface area contributed by atoms with Crippen molar-refractivity contribution in [1.82, 2.24) is 0 Å². The third-order valence-electron chi connectivity index (χ3n) is 15.8. The first-order chi connectivity index (χ1) is 36.9. The van der Waals surface area contributed by atoms with Crippen LogP contribution in [-0.4, -0.2) is 8.07 Å². The lowest BCUT2D eigenvalue weighted by atomic mass is 9.92. The number of furan rings is 2. The van der Waals surface area contributed by atoms with Gasteiger partial charge in [-0.1, -0.05) is 189 Å². The number of anilines is 6. The van der Waals surface area contributed by atoms with Crippen molar-refractivity contribution in [3.63, 3.8) is 0 Å². The zero-order valence-corrected chi connectivity index (χ0v) is 42.5. The van der Waals surface area contributed by atoms with Gasteiger partial charge in [0.15, 0.2) is 11.2 Å². The standard InChI is InChI=1S/C70H48N2O2Si/c1-75(2)66-29-15-22-57-60-43-52(71(50-35-30-47(31-36-50)45-16-5-3-6-17-45)62-25-13-23-58-54-20-9-11-27-64(54)73-69(58)62)39-34-49(60)42-61(68(57)66)56-41-40-53(44-67(56)75)72(51-37-32-48(33-38-51)46-18-7-4-8-19-46)63-26-14-24-59-55-21-10-12-28-65(55)74-70(59)63/h3-44H,1-2H3. The predicted octanol–water partition coefficient (Wildman–Crippen LogP) is 18.9. The Morgan fingerprint density at radius 1 is 0.307 bits per heavy atom. The van der Waals surface area contributed by atoms with Crippen LogP contribution in [0.3, 0.4) is 0 Å². The van der Waals surface area contributed by atoms with E-state index >= 15 is 0 Å². The van der Waals surface area contributed by atoms with Crippen LogP contribution in [0, 0.1) is 0 Å². The molecule has 15 rings (SSSR count). The molecule has 0 N–H and O–H groups in total. The van der Waals surface area contributed by atoms with E-state index in [1.165, 1.54) is 65.3 Å². The molecular formula is C70H48N2O2Si. The molecule has 1 aliphatic rings. The molecule has 2 aromatic heterocycles. The summed E-state index contributed by atoms with van der Waals surface area (Å²) in [6.45, 7) is 5.06. The van der Waals surface area contributed by atoms with Gasteiger partial charge < -0.3 is 18.6 Å². The molecule has 12 aromatic carbocycles. The van der Waals surface area contributed by atoms with Crippen molar-refractivity contribution in [2.45, 2.75) is 13.1 Å². The molecule has 354 valence electrons. The summed E-state index contributed by atoms with van der Waals surface area (Å²) >= 11 is 0. The van der Waals surface area contributed by atoms with Crippen LogP contribution in [0.25, 0.3) is 98.8 Å². The van der Waals surface area contributed by atoms with Gasteiger partial charge >= 0.3 is 0 Å². The smallest absolute Gasteiger partial charge is 0.159 e. The molecule has 4 nitrogen and oxygen atoms in total. The van der Waals surface area contributed by atoms with E-state index < -0.39 is 8.07 Å². The van der Waals surface area contributed by atoms with Gasteiger partial charge in [-0.3, -0.25) is 0 Å². The fourth-order valence-electron chi connectivity index (χ4n) is 12.2. The number of nitrogens with zero attached hydrogens (tertiary/aromatic N) is 2. The van der Waals surface area contributed by atoms with Gasteiger partial charge in [0.05, 0.1) is 11.4 Å². The van der Waals surface area contributed by atoms with Crippen LogP contribution in [0.15, 0.2) is 264 Å². The number of hydrogen-bond donors (Lipinski definition) is 0. The lowest BCUT2D eigenvalue weighted by molar-refractivity contribution is 0.668. The average molecular weight is 977 g/mol. The second-order valence-corrected chi connectivity index (χ2v) is 24.7. The van der Waals surface area contributed by atoms with E-state index in [0.717, 1.165) is 78.0 Å². The van der Waals surface area contributed by atoms with Crippen LogP contribution in [0.4, 0.5) is 34.1 Å². The maximum atomic E-state index is 6.77. The Labute approximate surface area is 435 Å². The summed E-state index contributed by atoms with van der Waals surface area (Å²) in [5, 5.41) is 12.4. The fourth-order valence-corrected chi connectivity index (χ4v) is 15.3. The molecular weight excluding hydrogens is 929 g/mol. The molecule has 0 radical (unpaired) electrons. The first-order valence-electron chi connectivity index (χ1n) is 25.8. The Bertz CT molecular complexity index is 4560. The highest BCUT2D eigenvalue weighted by Crippen LogP contribution is 2.47. The summed E-state index contributed by atoms with van der Waals surface area (Å²) in [5.74, 6) is 0. The average Bonchev–Trinajstić information content (AvgIpc) is 4.06. The monoisotopic (exact) mass is 976 g/mol. The summed E-state index contributed by atoms with van der Waals surface area (Å²) < 4.78 is 13.5. The normalized spacial score (nSPS) is 12.8. The molecule has 0 atom stereocenters. The van der Waals surface area contributed by atoms with Gasteiger partial charge in [0, 0.05) is 44.3 Å². The highest BCUT2D eigenvalue weighted by Gasteiger charge is 2.37. The van der Waals surface area contributed by atoms with Crippen LogP contribution in [0.5, 0.6) is 0 Å². The maximum absolute atomic E-state index is 6.77. The second-order valence-electron chi connectivity index (χ2n) is 20.4. The van der Waals surface area contributed by atoms with E-state index in [4.69, 9.17) is 8.83 Å². The van der Waals surface area contributed by atoms with Crippen LogP contribution >= 0.6 is 0 Å². The van der Waals surface area contributed by atoms with Crippen molar-refractivity contribution in [2.24, 2.45) is 0 Å². The summed E-state index contributed by atoms with van der Waals surface area (Å²) in [6.07, 6.45) is 0. The first-order valence-corrected chi connectivity index (χ1v) is 28.8. The fraction of sp³-hybridized carbons (Fsp3) is 0.0286. The Hall–Kier alpha value is -9.42. The molecule has 0 saturated heterocycles. The zero-order chi connectivity index (χ0) is 49.8. The third kappa shape index (κ3) is 6.82. The van der Waals surface area contributed by atoms with E-state index in [0.29, 0.717) is 0 Å². The largest absolute Gasteiger partial charge is 0.454 e. The highest BCUT2D eigenvalue weighted by atomic mass is 28.3. The SMILES string of the molecule is C[Si]1(C)c2cc(N(c3ccc(-c4ccccc4)cc3)c3cccc4c3oc3ccccc34)ccc2-c2cc3ccc(N(c4ccc(-c5ccccc5)cc4)c4cccc5c4oc4ccccc45)cc3c3cccc1c23. The van der Waals surface area contributed by atoms with Gasteiger partial charge in [0.25, 0.3) is 0 Å². The number of hydrogen-bond acceptors (Lipinski definition) is 4. The van der Waals surface area contributed by atoms with Crippen molar-refractivity contribution in [3.05, 3.63) is 255 Å². The van der Waals surface area contributed by atoms with Gasteiger partial charge in [-0.05, 0) is 144 Å². The second kappa shape index (κ2) is 16.8. The number of benzene rings is 12. The molecule has 0 amide bonds. The summed E-state index contributed by atoms with van der Waals surface area (Å²) in [7, 11) is -2.36. The number of rotatable bonds is 8. The van der Waals surface area contributed by atoms with Gasteiger partial charge in [-0.2, -0.15) is 0 Å². The molecule has 0 bridgehead atoms. The van der Waals surface area contributed by atoms with Crippen molar-refractivity contribution < 1.29 is 8.83 Å². The van der Waals surface area contributed by atoms with Crippen molar-refractivity contribution in [3.8, 4) is 33.4 Å². The van der Waals surface area contributed by atoms with Crippen LogP contribution in [-0.2, 0) is 0 Å². The van der Waals surface area contributed by atoms with E-state index in [9.17, 15) is 0 Å². The van der Waals surface area contributed by atoms with Gasteiger partial charge in [-0.15, -0.1) is 0 Å². The van der Waals surface area contributed by atoms with E-state index in [-0.39, 0.29) is 0 Å². The molecule has 0 spiro atoms. The quantitative estimate of drug-likeness (QED) is 0.112. The molecule has 5 heteroatoms. The molecule has 14 aromatic rings. The third-order valence-corrected chi connectivity index (χ3v) is 19.4. The Morgan fingerprint density at radius 3 is 1.33 bits per heavy atom. The van der Waals surface area contributed by atoms with E-state index in [1.807, 2.05) is 12.1 Å². The van der Waals surface area contributed by atoms with Crippen LogP contribution < -0.4 is 20.2 Å². The van der Waals surface area contributed by atoms with E-state index in [1.54, 1.807) is 0 Å². The molecule has 0 unspecified atom stereocenters. The van der Waals surface area contributed by atoms with Crippen molar-refractivity contribution >= 4 is 118 Å². The van der Waals surface area contributed by atoms with Crippen LogP contribution in [0.1, 0.15) is 0 Å². The van der Waals surface area contributed by atoms with Crippen molar-refractivity contribution in [1.29, 1.82) is 0 Å². The van der Waals surface area contributed by atoms with Crippen molar-refractivity contribution in [2.75, 3.05) is 9.80 Å². The number of fused-ring (bicyclic) bond motifs is 10. The summed E-state index contributed by atoms with van der Waals surface area (Å²) in [5.41, 5.74) is 17.1. The minimum absolute atomic E-state index is 0.864. The van der Waals surface area contributed by atoms with Gasteiger partial charge in [-0.25, -0.2) is 0 Å². The molecule has 0 fully saturated rings. The lowest BCUT2D eigenvalue weighted by Crippen LogP contribution is -2.56. The maximum Gasteiger partial charge on any atom is 0.159 e. The highest BCUT2D eigenvalue weighted by molar-refractivity contribution is 7.03. The predicted molar refractivity (Wildman–Crippen MR) is 318 cm³/mol. The van der Waals surface area contributed by atoms with Gasteiger partial charge in [0.2, 0.25) is 0 Å². The summed E-state index contributed by atoms with van der Waals surface area (Å²) in [4.78, 5) is 4.77. The van der Waals surface area contributed by atoms with Crippen LogP contribution in [0.2, 0.25) is 13.1 Å². The molecule has 0 aliphatic carbocycles. The Morgan fingerprint density at radius 2 is 0.760 bits per heavy atom. The zero-order valence-electron chi connectivity index (χ0n) is 41.5. The van der Waals surface area contributed by atoms with E-state index in [2.05, 4.69) is 266 Å². The molecule has 3 heterocycles. The Kier molecular flexibility index (Phi) is 9.68. The first kappa shape index (κ1) is 43.2. The summed E-state index contributed by atoms with van der Waals surface area (Å²) in [6, 6.07) is 92.5. The lowest BCUT2D eigenvalue weighted by Gasteiger charge is -2.35. The molecule has 0 saturated carbocycles. The molecule has 1 aliphatic heterocycles. The number of para-hydroxylation sites is 4. The van der Waals surface area contributed by atoms with Gasteiger partial charge in [0.1, 0.15) is 19.2 Å². The minimum Gasteiger partial charge on any atom is -0.454 e.